The lowest BCUT2D eigenvalue weighted by Gasteiger charge is -2.05. The zero-order valence-corrected chi connectivity index (χ0v) is 22.2. The molecular formula is C14H26N4O6S7. The number of carbonyl (C=O) groups excluding carboxylic acids is 2. The SMILES string of the molecule is O=C(NCSC/N=C/[S+]([O-])CSCSC(=O)NCSC/N=C/[S+]([O-])CCO)SCCO. The monoisotopic (exact) mass is 570 g/mol. The summed E-state index contributed by atoms with van der Waals surface area (Å²) in [6.07, 6.45) is 0. The first-order valence-corrected chi connectivity index (χ1v) is 16.7. The van der Waals surface area contributed by atoms with Gasteiger partial charge in [0, 0.05) is 16.9 Å². The van der Waals surface area contributed by atoms with E-state index >= 15 is 0 Å². The Labute approximate surface area is 209 Å². The number of aliphatic hydroxyl groups is 2. The molecule has 0 aliphatic carbocycles. The first-order valence-electron chi connectivity index (χ1n) is 8.50. The van der Waals surface area contributed by atoms with Crippen molar-refractivity contribution in [2.75, 3.05) is 58.4 Å². The standard InChI is InChI=1S/C14H26N4O6S7/c19-1-3-28-13(21)17-7-26-6-16-10-31(24)12-27-11-29-14(22)18-8-25-5-15-9-30(23)4-2-20/h9-10,19-20H,1-8,11-12H2,(H,17,21)(H,18,22)/b15-9+,16-10+. The van der Waals surface area contributed by atoms with Gasteiger partial charge in [0.05, 0.1) is 41.8 Å². The van der Waals surface area contributed by atoms with Crippen LogP contribution in [0.3, 0.4) is 0 Å². The van der Waals surface area contributed by atoms with Crippen LogP contribution in [0, 0.1) is 0 Å². The van der Waals surface area contributed by atoms with E-state index in [1.54, 1.807) is 0 Å². The summed E-state index contributed by atoms with van der Waals surface area (Å²) in [4.78, 5) is 30.9. The lowest BCUT2D eigenvalue weighted by Crippen LogP contribution is -2.18. The van der Waals surface area contributed by atoms with Crippen LogP contribution in [0.4, 0.5) is 9.59 Å². The molecule has 0 fully saturated rings. The zero-order valence-electron chi connectivity index (χ0n) is 16.5. The molecule has 0 rings (SSSR count). The molecule has 2 atom stereocenters. The third-order valence-corrected chi connectivity index (χ3v) is 9.09. The molecule has 31 heavy (non-hydrogen) atoms. The van der Waals surface area contributed by atoms with Crippen LogP contribution in [-0.4, -0.2) is 99.3 Å². The van der Waals surface area contributed by atoms with E-state index in [1.165, 1.54) is 46.4 Å². The van der Waals surface area contributed by atoms with E-state index in [2.05, 4.69) is 20.6 Å². The highest BCUT2D eigenvalue weighted by atomic mass is 32.3. The zero-order chi connectivity index (χ0) is 23.2. The number of thioether (sulfide) groups is 5. The summed E-state index contributed by atoms with van der Waals surface area (Å²) < 4.78 is 23.0. The first-order chi connectivity index (χ1) is 15.0. The molecule has 0 aliphatic heterocycles. The van der Waals surface area contributed by atoms with E-state index in [1.807, 2.05) is 0 Å². The van der Waals surface area contributed by atoms with Gasteiger partial charge in [-0.15, -0.1) is 23.5 Å². The van der Waals surface area contributed by atoms with Gasteiger partial charge in [0.25, 0.3) is 10.5 Å². The van der Waals surface area contributed by atoms with Crippen molar-refractivity contribution < 1.29 is 28.9 Å². The third-order valence-electron chi connectivity index (χ3n) is 2.44. The Morgan fingerprint density at radius 3 is 2.03 bits per heavy atom. The highest BCUT2D eigenvalue weighted by Gasteiger charge is 2.06. The summed E-state index contributed by atoms with van der Waals surface area (Å²) in [6.45, 7) is -0.195. The number of aliphatic hydroxyl groups excluding tert-OH is 2. The molecule has 0 aromatic carbocycles. The van der Waals surface area contributed by atoms with E-state index < -0.39 is 22.4 Å². The summed E-state index contributed by atoms with van der Waals surface area (Å²) in [5, 5.41) is 22.9. The second kappa shape index (κ2) is 23.7. The van der Waals surface area contributed by atoms with E-state index in [9.17, 15) is 18.7 Å². The van der Waals surface area contributed by atoms with Crippen LogP contribution in [-0.2, 0) is 22.4 Å². The molecule has 2 unspecified atom stereocenters. The average molecular weight is 571 g/mol. The second-order valence-corrected chi connectivity index (χ2v) is 13.1. The van der Waals surface area contributed by atoms with Crippen LogP contribution in [0.25, 0.3) is 0 Å². The van der Waals surface area contributed by atoms with Crippen molar-refractivity contribution in [1.29, 1.82) is 0 Å². The Balaban J connectivity index is 3.56. The van der Waals surface area contributed by atoms with Crippen LogP contribution < -0.4 is 10.6 Å². The molecule has 0 spiro atoms. The predicted molar refractivity (Wildman–Crippen MR) is 141 cm³/mol. The minimum atomic E-state index is -1.26. The second-order valence-electron chi connectivity index (χ2n) is 4.81. The topological polar surface area (TPSA) is 169 Å². The van der Waals surface area contributed by atoms with Gasteiger partial charge < -0.3 is 30.0 Å². The van der Waals surface area contributed by atoms with Crippen molar-refractivity contribution in [2.45, 2.75) is 0 Å². The molecule has 0 aromatic rings. The number of aliphatic imine (C=N–C) groups is 2. The summed E-state index contributed by atoms with van der Waals surface area (Å²) in [6, 6.07) is 0. The molecule has 0 bridgehead atoms. The normalized spacial score (nSPS) is 13.5. The summed E-state index contributed by atoms with van der Waals surface area (Å²) in [5.74, 6) is 2.02. The largest absolute Gasteiger partial charge is 0.611 e. The highest BCUT2D eigenvalue weighted by molar-refractivity contribution is 8.27. The summed E-state index contributed by atoms with van der Waals surface area (Å²) >= 11 is 3.68. The van der Waals surface area contributed by atoms with Gasteiger partial charge in [-0.1, -0.05) is 35.3 Å². The van der Waals surface area contributed by atoms with Crippen molar-refractivity contribution >= 4 is 103 Å². The third kappa shape index (κ3) is 23.5. The van der Waals surface area contributed by atoms with E-state index in [4.69, 9.17) is 10.2 Å². The van der Waals surface area contributed by atoms with Crippen LogP contribution in [0.15, 0.2) is 9.98 Å². The molecule has 0 heterocycles. The maximum absolute atomic E-state index is 11.8. The first kappa shape index (κ1) is 31.6. The number of hydrogen-bond donors (Lipinski definition) is 4. The van der Waals surface area contributed by atoms with Crippen molar-refractivity contribution in [3.63, 3.8) is 0 Å². The Hall–Kier alpha value is 0.570. The fourth-order valence-corrected chi connectivity index (χ4v) is 6.59. The molecule has 0 radical (unpaired) electrons. The number of hydrogen-bond acceptors (Lipinski definition) is 13. The molecule has 10 nitrogen and oxygen atoms in total. The van der Waals surface area contributed by atoms with Gasteiger partial charge >= 0.3 is 0 Å². The van der Waals surface area contributed by atoms with Crippen LogP contribution in [0.2, 0.25) is 0 Å². The summed E-state index contributed by atoms with van der Waals surface area (Å²) in [5.41, 5.74) is 2.65. The molecule has 17 heteroatoms. The van der Waals surface area contributed by atoms with Gasteiger partial charge in [0.1, 0.15) is 5.75 Å². The number of carbonyl (C=O) groups is 2. The predicted octanol–water partition coefficient (Wildman–Crippen LogP) is 1.36. The average Bonchev–Trinajstić information content (AvgIpc) is 2.74. The molecule has 4 N–H and O–H groups in total. The fourth-order valence-electron chi connectivity index (χ4n) is 1.27. The van der Waals surface area contributed by atoms with Gasteiger partial charge in [0.15, 0.2) is 5.08 Å². The van der Waals surface area contributed by atoms with Crippen LogP contribution >= 0.6 is 58.8 Å². The Morgan fingerprint density at radius 1 is 0.871 bits per heavy atom. The Morgan fingerprint density at radius 2 is 1.45 bits per heavy atom. The lowest BCUT2D eigenvalue weighted by atomic mass is 10.9. The molecule has 180 valence electrons. The van der Waals surface area contributed by atoms with Gasteiger partial charge in [-0.2, -0.15) is 0 Å². The Bertz CT molecular complexity index is 535. The molecule has 0 aliphatic rings. The van der Waals surface area contributed by atoms with E-state index in [0.29, 0.717) is 39.4 Å². The maximum atomic E-state index is 11.8. The molecule has 0 aromatic heterocycles. The van der Waals surface area contributed by atoms with Crippen molar-refractivity contribution in [3.8, 4) is 0 Å². The van der Waals surface area contributed by atoms with Gasteiger partial charge in [0.2, 0.25) is 11.1 Å². The number of nitrogens with one attached hydrogen (secondary N) is 2. The van der Waals surface area contributed by atoms with E-state index in [0.717, 1.165) is 23.5 Å². The quantitative estimate of drug-likeness (QED) is 0.0617. The van der Waals surface area contributed by atoms with Gasteiger partial charge in [-0.25, -0.2) is 9.98 Å². The maximum Gasteiger partial charge on any atom is 0.280 e. The minimum Gasteiger partial charge on any atom is -0.611 e. The van der Waals surface area contributed by atoms with Crippen molar-refractivity contribution in [1.82, 2.24) is 10.6 Å². The van der Waals surface area contributed by atoms with Crippen molar-refractivity contribution in [3.05, 3.63) is 0 Å². The number of rotatable bonds is 18. The Kier molecular flexibility index (Phi) is 24.2. The van der Waals surface area contributed by atoms with Crippen molar-refractivity contribution in [2.24, 2.45) is 9.98 Å². The molecule has 0 saturated heterocycles. The highest BCUT2D eigenvalue weighted by Crippen LogP contribution is 2.15. The lowest BCUT2D eigenvalue weighted by molar-refractivity contribution is 0.261. The van der Waals surface area contributed by atoms with Gasteiger partial charge in [-0.3, -0.25) is 9.59 Å². The smallest absolute Gasteiger partial charge is 0.280 e. The molecular weight excluding hydrogens is 545 g/mol. The van der Waals surface area contributed by atoms with Crippen LogP contribution in [0.5, 0.6) is 0 Å². The number of amides is 2. The van der Waals surface area contributed by atoms with E-state index in [-0.39, 0.29) is 29.4 Å². The molecule has 0 saturated carbocycles. The fraction of sp³-hybridized carbons (Fsp3) is 0.714. The minimum absolute atomic E-state index is 0.0463. The summed E-state index contributed by atoms with van der Waals surface area (Å²) in [7, 11) is 0. The number of nitrogens with zero attached hydrogens (tertiary/aromatic N) is 2. The van der Waals surface area contributed by atoms with Crippen LogP contribution in [0.1, 0.15) is 0 Å². The van der Waals surface area contributed by atoms with Gasteiger partial charge in [-0.05, 0) is 11.2 Å². The molecule has 2 amide bonds.